The molecule has 2 atom stereocenters. The van der Waals surface area contributed by atoms with E-state index in [-0.39, 0.29) is 0 Å². The maximum absolute atomic E-state index is 6.17. The zero-order chi connectivity index (χ0) is 17.5. The summed E-state index contributed by atoms with van der Waals surface area (Å²) in [6, 6.07) is 10.1. The lowest BCUT2D eigenvalue weighted by Gasteiger charge is -2.44. The van der Waals surface area contributed by atoms with Gasteiger partial charge in [0.25, 0.3) is 0 Å². The van der Waals surface area contributed by atoms with E-state index < -0.39 is 0 Å². The van der Waals surface area contributed by atoms with Gasteiger partial charge in [0, 0.05) is 57.0 Å². The van der Waals surface area contributed by atoms with Crippen LogP contribution in [-0.4, -0.2) is 61.7 Å². The monoisotopic (exact) mass is 332 g/mol. The van der Waals surface area contributed by atoms with Gasteiger partial charge in [-0.25, -0.2) is 0 Å². The summed E-state index contributed by atoms with van der Waals surface area (Å²) in [5, 5.41) is 0. The zero-order valence-corrected chi connectivity index (χ0v) is 16.0. The third-order valence-electron chi connectivity index (χ3n) is 5.58. The summed E-state index contributed by atoms with van der Waals surface area (Å²) in [5.74, 6) is 0. The van der Waals surface area contributed by atoms with Crippen molar-refractivity contribution in [3.05, 3.63) is 29.8 Å². The highest BCUT2D eigenvalue weighted by atomic mass is 15.3. The highest BCUT2D eigenvalue weighted by Crippen LogP contribution is 2.26. The van der Waals surface area contributed by atoms with Crippen LogP contribution in [0.1, 0.15) is 45.7 Å². The molecule has 4 heteroatoms. The maximum Gasteiger partial charge on any atom is 0.0471 e. The minimum Gasteiger partial charge on any atom is -0.372 e. The highest BCUT2D eigenvalue weighted by Gasteiger charge is 2.29. The van der Waals surface area contributed by atoms with E-state index in [1.54, 1.807) is 0 Å². The Kier molecular flexibility index (Phi) is 7.53. The molecule has 0 spiro atoms. The first-order valence-electron chi connectivity index (χ1n) is 9.71. The van der Waals surface area contributed by atoms with E-state index in [9.17, 15) is 0 Å². The van der Waals surface area contributed by atoms with E-state index in [4.69, 9.17) is 5.73 Å². The van der Waals surface area contributed by atoms with Crippen molar-refractivity contribution >= 4 is 5.69 Å². The van der Waals surface area contributed by atoms with Gasteiger partial charge in [0.2, 0.25) is 0 Å². The fourth-order valence-electron chi connectivity index (χ4n) is 4.00. The van der Waals surface area contributed by atoms with Crippen molar-refractivity contribution in [3.8, 4) is 0 Å². The molecule has 0 bridgehead atoms. The van der Waals surface area contributed by atoms with Gasteiger partial charge < -0.3 is 10.6 Å². The van der Waals surface area contributed by atoms with Crippen LogP contribution in [0.2, 0.25) is 0 Å². The van der Waals surface area contributed by atoms with Crippen LogP contribution in [0.15, 0.2) is 24.3 Å². The molecule has 2 N–H and O–H groups in total. The largest absolute Gasteiger partial charge is 0.372 e. The van der Waals surface area contributed by atoms with Crippen molar-refractivity contribution in [3.63, 3.8) is 0 Å². The molecule has 2 unspecified atom stereocenters. The van der Waals surface area contributed by atoms with Gasteiger partial charge in [-0.15, -0.1) is 0 Å². The molecule has 136 valence electrons. The molecule has 1 aromatic rings. The molecule has 1 heterocycles. The number of piperazine rings is 1. The minimum absolute atomic E-state index is 0.337. The van der Waals surface area contributed by atoms with Crippen LogP contribution in [0.3, 0.4) is 0 Å². The first-order chi connectivity index (χ1) is 11.7. The van der Waals surface area contributed by atoms with Crippen LogP contribution in [0.25, 0.3) is 0 Å². The molecule has 0 aromatic heterocycles. The van der Waals surface area contributed by atoms with Crippen molar-refractivity contribution in [2.75, 3.05) is 50.7 Å². The van der Waals surface area contributed by atoms with Gasteiger partial charge >= 0.3 is 0 Å². The third kappa shape index (κ3) is 4.29. The summed E-state index contributed by atoms with van der Waals surface area (Å²) in [6.45, 7) is 16.3. The number of likely N-dealkylation sites (N-methyl/N-ethyl adjacent to an activating group) is 1. The van der Waals surface area contributed by atoms with Gasteiger partial charge in [-0.1, -0.05) is 26.0 Å². The molecule has 1 fully saturated rings. The van der Waals surface area contributed by atoms with Gasteiger partial charge in [0.1, 0.15) is 0 Å². The predicted octanol–water partition coefficient (Wildman–Crippen LogP) is 2.95. The lowest BCUT2D eigenvalue weighted by atomic mass is 10.0. The number of rotatable bonds is 8. The minimum atomic E-state index is 0.337. The molecular weight excluding hydrogens is 296 g/mol. The number of nitrogens with zero attached hydrogens (tertiary/aromatic N) is 3. The van der Waals surface area contributed by atoms with Crippen LogP contribution in [0.5, 0.6) is 0 Å². The second kappa shape index (κ2) is 9.40. The van der Waals surface area contributed by atoms with Gasteiger partial charge in [-0.2, -0.15) is 0 Å². The van der Waals surface area contributed by atoms with E-state index in [0.29, 0.717) is 18.6 Å². The summed E-state index contributed by atoms with van der Waals surface area (Å²) >= 11 is 0. The lowest BCUT2D eigenvalue weighted by Crippen LogP contribution is -2.54. The van der Waals surface area contributed by atoms with Crippen molar-refractivity contribution in [1.82, 2.24) is 9.80 Å². The number of hydrogen-bond acceptors (Lipinski definition) is 4. The molecule has 1 aromatic carbocycles. The summed E-state index contributed by atoms with van der Waals surface area (Å²) in [5.41, 5.74) is 8.84. The van der Waals surface area contributed by atoms with Crippen molar-refractivity contribution < 1.29 is 0 Å². The summed E-state index contributed by atoms with van der Waals surface area (Å²) in [4.78, 5) is 7.58. The smallest absolute Gasteiger partial charge is 0.0471 e. The number of benzene rings is 1. The van der Waals surface area contributed by atoms with Crippen LogP contribution >= 0.6 is 0 Å². The Balaban J connectivity index is 2.10. The number of nitrogens with two attached hydrogens (primary N) is 1. The Hall–Kier alpha value is -1.10. The molecule has 1 aliphatic heterocycles. The first-order valence-corrected chi connectivity index (χ1v) is 9.71. The van der Waals surface area contributed by atoms with Crippen LogP contribution in [-0.2, 0) is 0 Å². The summed E-state index contributed by atoms with van der Waals surface area (Å²) < 4.78 is 0. The van der Waals surface area contributed by atoms with E-state index >= 15 is 0 Å². The SMILES string of the molecule is CCC1CN(C(CN)c2ccc(N(CC)CC)cc2)CCN1CC. The van der Waals surface area contributed by atoms with E-state index in [1.165, 1.54) is 17.7 Å². The molecule has 2 rings (SSSR count). The van der Waals surface area contributed by atoms with Crippen LogP contribution in [0.4, 0.5) is 5.69 Å². The van der Waals surface area contributed by atoms with Crippen molar-refractivity contribution in [2.45, 2.75) is 46.2 Å². The molecule has 4 nitrogen and oxygen atoms in total. The Morgan fingerprint density at radius 3 is 2.25 bits per heavy atom. The van der Waals surface area contributed by atoms with Gasteiger partial charge in [0.05, 0.1) is 0 Å². The standard InChI is InChI=1S/C20H36N4/c1-5-18-16-24(14-13-23(18)8-4)20(15-21)17-9-11-19(12-10-17)22(6-2)7-3/h9-12,18,20H,5-8,13-16,21H2,1-4H3. The Bertz CT molecular complexity index is 469. The summed E-state index contributed by atoms with van der Waals surface area (Å²) in [7, 11) is 0. The molecule has 0 amide bonds. The normalized spacial score (nSPS) is 21.0. The number of anilines is 1. The molecule has 24 heavy (non-hydrogen) atoms. The lowest BCUT2D eigenvalue weighted by molar-refractivity contribution is 0.0509. The average Bonchev–Trinajstić information content (AvgIpc) is 2.64. The van der Waals surface area contributed by atoms with E-state index in [1.807, 2.05) is 0 Å². The third-order valence-corrected chi connectivity index (χ3v) is 5.58. The fourth-order valence-corrected chi connectivity index (χ4v) is 4.00. The van der Waals surface area contributed by atoms with E-state index in [2.05, 4.69) is 66.7 Å². The van der Waals surface area contributed by atoms with E-state index in [0.717, 1.165) is 39.3 Å². The van der Waals surface area contributed by atoms with Gasteiger partial charge in [-0.05, 0) is 44.5 Å². The van der Waals surface area contributed by atoms with Crippen molar-refractivity contribution in [1.29, 1.82) is 0 Å². The molecule has 0 saturated carbocycles. The molecule has 1 aliphatic rings. The second-order valence-corrected chi connectivity index (χ2v) is 6.70. The Morgan fingerprint density at radius 2 is 1.75 bits per heavy atom. The van der Waals surface area contributed by atoms with Gasteiger partial charge in [-0.3, -0.25) is 9.80 Å². The maximum atomic E-state index is 6.17. The predicted molar refractivity (Wildman–Crippen MR) is 105 cm³/mol. The Labute approximate surface area is 148 Å². The van der Waals surface area contributed by atoms with Gasteiger partial charge in [0.15, 0.2) is 0 Å². The first kappa shape index (κ1) is 19.2. The molecule has 0 radical (unpaired) electrons. The topological polar surface area (TPSA) is 35.7 Å². The quantitative estimate of drug-likeness (QED) is 0.794. The zero-order valence-electron chi connectivity index (χ0n) is 16.0. The fraction of sp³-hybridized carbons (Fsp3) is 0.700. The second-order valence-electron chi connectivity index (χ2n) is 6.70. The molecule has 0 aliphatic carbocycles. The number of hydrogen-bond donors (Lipinski definition) is 1. The van der Waals surface area contributed by atoms with Crippen LogP contribution in [0, 0.1) is 0 Å². The molecule has 1 saturated heterocycles. The molecular formula is C20H36N4. The Morgan fingerprint density at radius 1 is 1.08 bits per heavy atom. The average molecular weight is 333 g/mol. The van der Waals surface area contributed by atoms with Crippen molar-refractivity contribution in [2.24, 2.45) is 5.73 Å². The summed E-state index contributed by atoms with van der Waals surface area (Å²) in [6.07, 6.45) is 1.21. The van der Waals surface area contributed by atoms with Crippen LogP contribution < -0.4 is 10.6 Å². The highest BCUT2D eigenvalue weighted by molar-refractivity contribution is 5.47.